The molecule has 0 aromatic carbocycles. The molecule has 132 valence electrons. The van der Waals surface area contributed by atoms with Crippen LogP contribution < -0.4 is 5.73 Å². The second-order valence-electron chi connectivity index (χ2n) is 8.13. The lowest BCUT2D eigenvalue weighted by Gasteiger charge is -2.35. The lowest BCUT2D eigenvalue weighted by atomic mass is 9.76. The summed E-state index contributed by atoms with van der Waals surface area (Å²) >= 11 is 0. The molecule has 22 heavy (non-hydrogen) atoms. The van der Waals surface area contributed by atoms with Gasteiger partial charge in [0.25, 0.3) is 0 Å². The molecule has 0 aromatic heterocycles. The van der Waals surface area contributed by atoms with Crippen LogP contribution >= 0.6 is 0 Å². The molecule has 1 nitrogen and oxygen atoms in total. The van der Waals surface area contributed by atoms with Gasteiger partial charge in [-0.2, -0.15) is 0 Å². The zero-order valence-electron chi connectivity index (χ0n) is 15.7. The zero-order chi connectivity index (χ0) is 16.1. The smallest absolute Gasteiger partial charge is 0.0154 e. The van der Waals surface area contributed by atoms with Crippen molar-refractivity contribution >= 4 is 0 Å². The van der Waals surface area contributed by atoms with Crippen molar-refractivity contribution in [1.82, 2.24) is 0 Å². The van der Waals surface area contributed by atoms with Crippen molar-refractivity contribution in [1.29, 1.82) is 0 Å². The summed E-state index contributed by atoms with van der Waals surface area (Å²) in [4.78, 5) is 0. The van der Waals surface area contributed by atoms with Gasteiger partial charge >= 0.3 is 0 Å². The number of hydrogen-bond acceptors (Lipinski definition) is 1. The molecule has 1 unspecified atom stereocenters. The molecule has 1 saturated carbocycles. The fourth-order valence-corrected chi connectivity index (χ4v) is 4.14. The Morgan fingerprint density at radius 2 is 1.18 bits per heavy atom. The summed E-state index contributed by atoms with van der Waals surface area (Å²) in [6.07, 6.45) is 23.8. The summed E-state index contributed by atoms with van der Waals surface area (Å²) in [7, 11) is 0. The Balaban J connectivity index is 2.30. The third kappa shape index (κ3) is 9.18. The van der Waals surface area contributed by atoms with Crippen LogP contribution in [-0.4, -0.2) is 5.54 Å². The first-order chi connectivity index (χ1) is 10.7. The summed E-state index contributed by atoms with van der Waals surface area (Å²) in [5.74, 6) is 0.765. The van der Waals surface area contributed by atoms with E-state index in [4.69, 9.17) is 5.73 Å². The van der Waals surface area contributed by atoms with Gasteiger partial charge in [-0.15, -0.1) is 0 Å². The molecule has 0 spiro atoms. The Bertz CT molecular complexity index is 234. The SMILES string of the molecule is CCCCCCCCC(C)(N)C1CCCCCCCCCC1. The van der Waals surface area contributed by atoms with E-state index < -0.39 is 0 Å². The maximum Gasteiger partial charge on any atom is 0.0154 e. The second kappa shape index (κ2) is 12.4. The van der Waals surface area contributed by atoms with Crippen molar-refractivity contribution in [3.05, 3.63) is 0 Å². The van der Waals surface area contributed by atoms with Crippen LogP contribution in [0.4, 0.5) is 0 Å². The molecule has 1 rings (SSSR count). The molecular formula is C21H43N. The summed E-state index contributed by atoms with van der Waals surface area (Å²) in [6.45, 7) is 4.64. The highest BCUT2D eigenvalue weighted by atomic mass is 14.7. The van der Waals surface area contributed by atoms with E-state index in [-0.39, 0.29) is 5.54 Å². The van der Waals surface area contributed by atoms with Gasteiger partial charge in [-0.1, -0.05) is 96.8 Å². The number of nitrogens with two attached hydrogens (primary N) is 1. The Morgan fingerprint density at radius 3 is 1.73 bits per heavy atom. The Kier molecular flexibility index (Phi) is 11.3. The van der Waals surface area contributed by atoms with Crippen LogP contribution in [0.2, 0.25) is 0 Å². The molecule has 0 aromatic rings. The molecule has 0 heterocycles. The fraction of sp³-hybridized carbons (Fsp3) is 1.00. The molecule has 2 N–H and O–H groups in total. The van der Waals surface area contributed by atoms with Crippen molar-refractivity contribution in [3.63, 3.8) is 0 Å². The molecule has 0 amide bonds. The van der Waals surface area contributed by atoms with E-state index in [0.29, 0.717) is 0 Å². The molecule has 1 atom stereocenters. The molecule has 0 aliphatic heterocycles. The standard InChI is InChI=1S/C21H43N/c1-3-4-5-6-13-16-19-21(2,22)20-17-14-11-9-7-8-10-12-15-18-20/h20H,3-19,22H2,1-2H3. The van der Waals surface area contributed by atoms with Crippen LogP contribution in [0.3, 0.4) is 0 Å². The Labute approximate surface area is 140 Å². The van der Waals surface area contributed by atoms with E-state index in [2.05, 4.69) is 13.8 Å². The van der Waals surface area contributed by atoms with Gasteiger partial charge in [-0.05, 0) is 32.1 Å². The van der Waals surface area contributed by atoms with Crippen molar-refractivity contribution in [2.24, 2.45) is 11.7 Å². The minimum atomic E-state index is 0.0822. The summed E-state index contributed by atoms with van der Waals surface area (Å²) in [6, 6.07) is 0. The predicted molar refractivity (Wildman–Crippen MR) is 100 cm³/mol. The molecule has 0 radical (unpaired) electrons. The van der Waals surface area contributed by atoms with Crippen molar-refractivity contribution in [3.8, 4) is 0 Å². The topological polar surface area (TPSA) is 26.0 Å². The van der Waals surface area contributed by atoms with Gasteiger partial charge in [-0.3, -0.25) is 0 Å². The van der Waals surface area contributed by atoms with Crippen molar-refractivity contribution < 1.29 is 0 Å². The lowest BCUT2D eigenvalue weighted by molar-refractivity contribution is 0.229. The maximum atomic E-state index is 6.78. The average Bonchev–Trinajstić information content (AvgIpc) is 2.56. The van der Waals surface area contributed by atoms with Gasteiger partial charge in [0.2, 0.25) is 0 Å². The first-order valence-corrected chi connectivity index (χ1v) is 10.5. The molecular weight excluding hydrogens is 266 g/mol. The van der Waals surface area contributed by atoms with E-state index in [9.17, 15) is 0 Å². The first-order valence-electron chi connectivity index (χ1n) is 10.5. The molecule has 1 heteroatoms. The summed E-state index contributed by atoms with van der Waals surface area (Å²) < 4.78 is 0. The zero-order valence-corrected chi connectivity index (χ0v) is 15.7. The van der Waals surface area contributed by atoms with Gasteiger partial charge < -0.3 is 5.73 Å². The van der Waals surface area contributed by atoms with Crippen molar-refractivity contribution in [2.75, 3.05) is 0 Å². The van der Waals surface area contributed by atoms with E-state index in [1.54, 1.807) is 0 Å². The third-order valence-electron chi connectivity index (χ3n) is 5.86. The highest BCUT2D eigenvalue weighted by Crippen LogP contribution is 2.31. The minimum absolute atomic E-state index is 0.0822. The Hall–Kier alpha value is -0.0400. The maximum absolute atomic E-state index is 6.78. The van der Waals surface area contributed by atoms with Gasteiger partial charge in [0.15, 0.2) is 0 Å². The van der Waals surface area contributed by atoms with Gasteiger partial charge in [0.1, 0.15) is 0 Å². The second-order valence-corrected chi connectivity index (χ2v) is 8.13. The average molecular weight is 310 g/mol. The molecule has 0 saturated heterocycles. The number of rotatable bonds is 8. The van der Waals surface area contributed by atoms with Gasteiger partial charge in [0, 0.05) is 5.54 Å². The van der Waals surface area contributed by atoms with Crippen LogP contribution in [0.15, 0.2) is 0 Å². The van der Waals surface area contributed by atoms with E-state index in [1.807, 2.05) is 0 Å². The quantitative estimate of drug-likeness (QED) is 0.481. The molecule has 1 fully saturated rings. The largest absolute Gasteiger partial charge is 0.325 e. The van der Waals surface area contributed by atoms with Crippen molar-refractivity contribution in [2.45, 2.75) is 129 Å². The number of hydrogen-bond donors (Lipinski definition) is 1. The van der Waals surface area contributed by atoms with Gasteiger partial charge in [-0.25, -0.2) is 0 Å². The fourth-order valence-electron chi connectivity index (χ4n) is 4.14. The lowest BCUT2D eigenvalue weighted by Crippen LogP contribution is -2.44. The minimum Gasteiger partial charge on any atom is -0.325 e. The molecule has 0 bridgehead atoms. The summed E-state index contributed by atoms with van der Waals surface area (Å²) in [5, 5.41) is 0. The van der Waals surface area contributed by atoms with Crippen LogP contribution in [0.5, 0.6) is 0 Å². The van der Waals surface area contributed by atoms with Crippen LogP contribution in [0.25, 0.3) is 0 Å². The van der Waals surface area contributed by atoms with E-state index in [0.717, 1.165) is 5.92 Å². The monoisotopic (exact) mass is 309 g/mol. The third-order valence-corrected chi connectivity index (χ3v) is 5.86. The van der Waals surface area contributed by atoms with Crippen LogP contribution in [-0.2, 0) is 0 Å². The summed E-state index contributed by atoms with van der Waals surface area (Å²) in [5.41, 5.74) is 6.86. The first kappa shape index (κ1) is 20.0. The number of unbranched alkanes of at least 4 members (excludes halogenated alkanes) is 5. The highest BCUT2D eigenvalue weighted by molar-refractivity contribution is 4.87. The van der Waals surface area contributed by atoms with E-state index >= 15 is 0 Å². The Morgan fingerprint density at radius 1 is 0.727 bits per heavy atom. The molecule has 1 aliphatic carbocycles. The normalized spacial score (nSPS) is 22.0. The highest BCUT2D eigenvalue weighted by Gasteiger charge is 2.28. The van der Waals surface area contributed by atoms with E-state index in [1.165, 1.54) is 109 Å². The molecule has 1 aliphatic rings. The van der Waals surface area contributed by atoms with Gasteiger partial charge in [0.05, 0.1) is 0 Å². The van der Waals surface area contributed by atoms with Crippen LogP contribution in [0, 0.1) is 5.92 Å². The van der Waals surface area contributed by atoms with Crippen LogP contribution in [0.1, 0.15) is 123 Å². The predicted octanol–water partition coefficient (Wildman–Crippen LogP) is 6.99.